The van der Waals surface area contributed by atoms with Crippen LogP contribution in [0.5, 0.6) is 5.75 Å². The van der Waals surface area contributed by atoms with Gasteiger partial charge in [-0.25, -0.2) is 4.79 Å². The van der Waals surface area contributed by atoms with Crippen LogP contribution in [0.3, 0.4) is 0 Å². The molecule has 0 saturated heterocycles. The minimum Gasteiger partial charge on any atom is -0.491 e. The maximum Gasteiger partial charge on any atom is 0.338 e. The smallest absolute Gasteiger partial charge is 0.338 e. The highest BCUT2D eigenvalue weighted by atomic mass is 35.5. The van der Waals surface area contributed by atoms with E-state index in [1.54, 1.807) is 30.3 Å². The Kier molecular flexibility index (Phi) is 7.04. The number of carbonyl (C=O) groups excluding carboxylic acids is 2. The van der Waals surface area contributed by atoms with Crippen molar-refractivity contribution in [3.8, 4) is 5.75 Å². The fraction of sp³-hybridized carbons (Fsp3) is 0.300. The lowest BCUT2D eigenvalue weighted by Crippen LogP contribution is -2.35. The second kappa shape index (κ2) is 9.25. The molecule has 0 aromatic heterocycles. The SMILES string of the molecule is CC(C)Oc1ccc(C(=O)O[C@@H](C)C(=O)NCc2ccccc2Cl)cc1. The van der Waals surface area contributed by atoms with Crippen LogP contribution in [0, 0.1) is 0 Å². The highest BCUT2D eigenvalue weighted by Crippen LogP contribution is 2.16. The van der Waals surface area contributed by atoms with Crippen molar-refractivity contribution in [3.05, 3.63) is 64.7 Å². The van der Waals surface area contributed by atoms with Crippen LogP contribution in [0.4, 0.5) is 0 Å². The standard InChI is InChI=1S/C20H22ClNO4/c1-13(2)25-17-10-8-15(9-11-17)20(24)26-14(3)19(23)22-12-16-6-4-5-7-18(16)21/h4-11,13-14H,12H2,1-3H3,(H,22,23)/t14-/m0/s1. The highest BCUT2D eigenvalue weighted by Gasteiger charge is 2.19. The summed E-state index contributed by atoms with van der Waals surface area (Å²) < 4.78 is 10.7. The largest absolute Gasteiger partial charge is 0.491 e. The molecule has 0 fully saturated rings. The lowest BCUT2D eigenvalue weighted by molar-refractivity contribution is -0.129. The first-order valence-corrected chi connectivity index (χ1v) is 8.73. The van der Waals surface area contributed by atoms with Gasteiger partial charge in [0.15, 0.2) is 6.10 Å². The van der Waals surface area contributed by atoms with Crippen LogP contribution in [0.1, 0.15) is 36.7 Å². The summed E-state index contributed by atoms with van der Waals surface area (Å²) in [6, 6.07) is 13.8. The van der Waals surface area contributed by atoms with Crippen molar-refractivity contribution in [3.63, 3.8) is 0 Å². The number of halogens is 1. The molecule has 0 unspecified atom stereocenters. The molecule has 0 heterocycles. The predicted molar refractivity (Wildman–Crippen MR) is 100 cm³/mol. The van der Waals surface area contributed by atoms with E-state index in [1.807, 2.05) is 32.0 Å². The van der Waals surface area contributed by atoms with Crippen molar-refractivity contribution in [2.75, 3.05) is 0 Å². The van der Waals surface area contributed by atoms with Gasteiger partial charge in [0.25, 0.3) is 5.91 Å². The first-order valence-electron chi connectivity index (χ1n) is 8.35. The maximum absolute atomic E-state index is 12.2. The minimum absolute atomic E-state index is 0.0506. The average Bonchev–Trinajstić information content (AvgIpc) is 2.60. The molecule has 5 nitrogen and oxygen atoms in total. The first-order chi connectivity index (χ1) is 12.4. The Morgan fingerprint density at radius 3 is 2.31 bits per heavy atom. The van der Waals surface area contributed by atoms with Crippen molar-refractivity contribution in [2.24, 2.45) is 0 Å². The van der Waals surface area contributed by atoms with Gasteiger partial charge in [-0.1, -0.05) is 29.8 Å². The van der Waals surface area contributed by atoms with Crippen LogP contribution >= 0.6 is 11.6 Å². The van der Waals surface area contributed by atoms with Gasteiger partial charge in [0, 0.05) is 11.6 Å². The van der Waals surface area contributed by atoms with Gasteiger partial charge in [-0.05, 0) is 56.7 Å². The lowest BCUT2D eigenvalue weighted by Gasteiger charge is -2.14. The Balaban J connectivity index is 1.87. The first kappa shape index (κ1) is 19.8. The third kappa shape index (κ3) is 5.77. The number of nitrogens with one attached hydrogen (secondary N) is 1. The molecular formula is C20H22ClNO4. The van der Waals surface area contributed by atoms with Crippen LogP contribution in [-0.2, 0) is 16.1 Å². The molecule has 1 atom stereocenters. The zero-order valence-corrected chi connectivity index (χ0v) is 15.7. The van der Waals surface area contributed by atoms with E-state index in [0.717, 1.165) is 5.56 Å². The molecule has 0 bridgehead atoms. The zero-order chi connectivity index (χ0) is 19.1. The molecule has 2 aromatic rings. The van der Waals surface area contributed by atoms with Crippen molar-refractivity contribution in [1.82, 2.24) is 5.32 Å². The minimum atomic E-state index is -0.920. The summed E-state index contributed by atoms with van der Waals surface area (Å²) in [5.74, 6) is -0.290. The number of ether oxygens (including phenoxy) is 2. The number of benzene rings is 2. The van der Waals surface area contributed by atoms with Gasteiger partial charge in [0.1, 0.15) is 5.75 Å². The summed E-state index contributed by atoms with van der Waals surface area (Å²) in [5, 5.41) is 3.28. The van der Waals surface area contributed by atoms with E-state index in [1.165, 1.54) is 6.92 Å². The van der Waals surface area contributed by atoms with Crippen LogP contribution in [0.25, 0.3) is 0 Å². The fourth-order valence-electron chi connectivity index (χ4n) is 2.19. The molecular weight excluding hydrogens is 354 g/mol. The van der Waals surface area contributed by atoms with Crippen molar-refractivity contribution in [2.45, 2.75) is 39.5 Å². The molecule has 0 saturated carbocycles. The van der Waals surface area contributed by atoms with E-state index in [2.05, 4.69) is 5.32 Å². The maximum atomic E-state index is 12.2. The number of rotatable bonds is 7. The van der Waals surface area contributed by atoms with E-state index < -0.39 is 18.0 Å². The van der Waals surface area contributed by atoms with Crippen LogP contribution < -0.4 is 10.1 Å². The van der Waals surface area contributed by atoms with Crippen molar-refractivity contribution < 1.29 is 19.1 Å². The van der Waals surface area contributed by atoms with Gasteiger partial charge >= 0.3 is 5.97 Å². The predicted octanol–water partition coefficient (Wildman–Crippen LogP) is 3.99. The lowest BCUT2D eigenvalue weighted by atomic mass is 10.2. The summed E-state index contributed by atoms with van der Waals surface area (Å²) >= 11 is 6.05. The second-order valence-corrected chi connectivity index (χ2v) is 6.45. The molecule has 1 N–H and O–H groups in total. The number of hydrogen-bond acceptors (Lipinski definition) is 4. The number of amides is 1. The van der Waals surface area contributed by atoms with Gasteiger partial charge in [-0.15, -0.1) is 0 Å². The van der Waals surface area contributed by atoms with Gasteiger partial charge in [0.2, 0.25) is 0 Å². The molecule has 26 heavy (non-hydrogen) atoms. The third-order valence-corrected chi connectivity index (χ3v) is 3.89. The quantitative estimate of drug-likeness (QED) is 0.743. The molecule has 0 aliphatic rings. The van der Waals surface area contributed by atoms with Crippen molar-refractivity contribution in [1.29, 1.82) is 0 Å². The van der Waals surface area contributed by atoms with Crippen LogP contribution in [0.2, 0.25) is 5.02 Å². The molecule has 0 aliphatic heterocycles. The fourth-order valence-corrected chi connectivity index (χ4v) is 2.39. The summed E-state index contributed by atoms with van der Waals surface area (Å²) in [7, 11) is 0. The van der Waals surface area contributed by atoms with Crippen LogP contribution in [0.15, 0.2) is 48.5 Å². The Morgan fingerprint density at radius 1 is 1.04 bits per heavy atom. The Bertz CT molecular complexity index is 759. The number of hydrogen-bond donors (Lipinski definition) is 1. The second-order valence-electron chi connectivity index (χ2n) is 6.05. The van der Waals surface area contributed by atoms with E-state index >= 15 is 0 Å². The monoisotopic (exact) mass is 375 g/mol. The van der Waals surface area contributed by atoms with E-state index in [0.29, 0.717) is 16.3 Å². The zero-order valence-electron chi connectivity index (χ0n) is 15.0. The van der Waals surface area contributed by atoms with E-state index in [4.69, 9.17) is 21.1 Å². The Morgan fingerprint density at radius 2 is 1.69 bits per heavy atom. The molecule has 2 rings (SSSR count). The molecule has 0 aliphatic carbocycles. The molecule has 0 spiro atoms. The van der Waals surface area contributed by atoms with Crippen LogP contribution in [-0.4, -0.2) is 24.1 Å². The Hall–Kier alpha value is -2.53. The summed E-state index contributed by atoms with van der Waals surface area (Å²) in [4.78, 5) is 24.3. The molecule has 138 valence electrons. The van der Waals surface area contributed by atoms with Crippen molar-refractivity contribution >= 4 is 23.5 Å². The highest BCUT2D eigenvalue weighted by molar-refractivity contribution is 6.31. The molecule has 1 amide bonds. The molecule has 2 aromatic carbocycles. The van der Waals surface area contributed by atoms with E-state index in [-0.39, 0.29) is 12.6 Å². The average molecular weight is 376 g/mol. The third-order valence-electron chi connectivity index (χ3n) is 3.53. The summed E-state index contributed by atoms with van der Waals surface area (Å²) in [6.45, 7) is 5.63. The topological polar surface area (TPSA) is 64.6 Å². The van der Waals surface area contributed by atoms with Gasteiger partial charge in [-0.2, -0.15) is 0 Å². The summed E-state index contributed by atoms with van der Waals surface area (Å²) in [6.07, 6.45) is -0.869. The summed E-state index contributed by atoms with van der Waals surface area (Å²) in [5.41, 5.74) is 1.15. The Labute approximate surface area is 158 Å². The normalized spacial score (nSPS) is 11.7. The van der Waals surface area contributed by atoms with Gasteiger partial charge in [0.05, 0.1) is 11.7 Å². The number of carbonyl (C=O) groups is 2. The molecule has 0 radical (unpaired) electrons. The van der Waals surface area contributed by atoms with Gasteiger partial charge < -0.3 is 14.8 Å². The number of esters is 1. The molecule has 6 heteroatoms. The van der Waals surface area contributed by atoms with Gasteiger partial charge in [-0.3, -0.25) is 4.79 Å². The van der Waals surface area contributed by atoms with E-state index in [9.17, 15) is 9.59 Å².